The first-order valence-corrected chi connectivity index (χ1v) is 23.1. The van der Waals surface area contributed by atoms with E-state index in [1.54, 1.807) is 0 Å². The van der Waals surface area contributed by atoms with Crippen LogP contribution >= 0.6 is 0 Å². The predicted molar refractivity (Wildman–Crippen MR) is 224 cm³/mol. The van der Waals surface area contributed by atoms with Gasteiger partial charge in [-0.25, -0.2) is 4.98 Å². The van der Waals surface area contributed by atoms with E-state index in [0.717, 1.165) is 110 Å². The first-order chi connectivity index (χ1) is 26.0. The average molecular weight is 746 g/mol. The summed E-state index contributed by atoms with van der Waals surface area (Å²) < 4.78 is 13.9. The van der Waals surface area contributed by atoms with Gasteiger partial charge in [0.25, 0.3) is 0 Å². The van der Waals surface area contributed by atoms with E-state index in [1.807, 2.05) is 18.7 Å². The minimum absolute atomic E-state index is 0.0389. The van der Waals surface area contributed by atoms with E-state index in [0.29, 0.717) is 13.2 Å². The van der Waals surface area contributed by atoms with Crippen molar-refractivity contribution < 1.29 is 19.1 Å². The Morgan fingerprint density at radius 2 is 0.887 bits per heavy atom. The number of carbonyl (C=O) groups excluding carboxylic acids is 2. The molecule has 1 aromatic heterocycles. The predicted octanol–water partition coefficient (Wildman–Crippen LogP) is 12.9. The van der Waals surface area contributed by atoms with Gasteiger partial charge in [-0.1, -0.05) is 156 Å². The molecule has 0 saturated carbocycles. The zero-order valence-electron chi connectivity index (χ0n) is 35.6. The SMILES string of the molecule is CCCCCCCCC(CCCCCC)C(=O)OCCCCN(CCCCOC(=O)C(CCCCCC)CCCCCCCC)CCCn1ccnc1. The molecule has 0 spiro atoms. The monoisotopic (exact) mass is 746 g/mol. The van der Waals surface area contributed by atoms with Crippen molar-refractivity contribution in [1.29, 1.82) is 0 Å². The molecule has 1 rings (SSSR count). The third-order valence-corrected chi connectivity index (χ3v) is 11.0. The lowest BCUT2D eigenvalue weighted by Gasteiger charge is -2.23. The van der Waals surface area contributed by atoms with Crippen LogP contribution in [0.5, 0.6) is 0 Å². The van der Waals surface area contributed by atoms with E-state index >= 15 is 0 Å². The van der Waals surface area contributed by atoms with Gasteiger partial charge in [-0.2, -0.15) is 0 Å². The molecule has 0 aromatic carbocycles. The fourth-order valence-corrected chi connectivity index (χ4v) is 7.42. The number of ether oxygens (including phenoxy) is 2. The van der Waals surface area contributed by atoms with Crippen LogP contribution in [-0.2, 0) is 25.6 Å². The third-order valence-electron chi connectivity index (χ3n) is 11.0. The number of imidazole rings is 1. The molecule has 2 unspecified atom stereocenters. The van der Waals surface area contributed by atoms with Crippen LogP contribution in [0.15, 0.2) is 18.7 Å². The largest absolute Gasteiger partial charge is 0.465 e. The van der Waals surface area contributed by atoms with Gasteiger partial charge in [-0.15, -0.1) is 0 Å². The second-order valence-electron chi connectivity index (χ2n) is 16.0. The summed E-state index contributed by atoms with van der Waals surface area (Å²) in [6.07, 6.45) is 39.4. The second-order valence-corrected chi connectivity index (χ2v) is 16.0. The number of nitrogens with zero attached hydrogens (tertiary/aromatic N) is 3. The summed E-state index contributed by atoms with van der Waals surface area (Å²) in [6.45, 7) is 14.0. The zero-order valence-corrected chi connectivity index (χ0v) is 35.6. The molecule has 7 nitrogen and oxygen atoms in total. The summed E-state index contributed by atoms with van der Waals surface area (Å²) in [5.74, 6) is 0.214. The number of hydrogen-bond donors (Lipinski definition) is 0. The fraction of sp³-hybridized carbons (Fsp3) is 0.891. The maximum Gasteiger partial charge on any atom is 0.308 e. The highest BCUT2D eigenvalue weighted by Crippen LogP contribution is 2.22. The molecule has 0 bridgehead atoms. The standard InChI is InChI=1S/C46H87N3O4/c1-5-9-13-17-19-23-32-43(30-21-15-11-7-3)45(50)52-40-27-25-35-48(37-29-38-49-39-34-47-42-49)36-26-28-41-53-46(51)44(31-22-16-12-8-4)33-24-20-18-14-10-6-2/h34,39,42-44H,5-33,35-38,40-41H2,1-4H3. The Balaban J connectivity index is 2.50. The van der Waals surface area contributed by atoms with Crippen LogP contribution in [0.1, 0.15) is 214 Å². The number of hydrogen-bond acceptors (Lipinski definition) is 6. The Kier molecular flexibility index (Phi) is 34.3. The van der Waals surface area contributed by atoms with Crippen LogP contribution in [0, 0.1) is 11.8 Å². The van der Waals surface area contributed by atoms with Crippen molar-refractivity contribution >= 4 is 11.9 Å². The highest BCUT2D eigenvalue weighted by atomic mass is 16.5. The summed E-state index contributed by atoms with van der Waals surface area (Å²) in [4.78, 5) is 33.0. The van der Waals surface area contributed by atoms with Crippen LogP contribution in [0.2, 0.25) is 0 Å². The van der Waals surface area contributed by atoms with E-state index < -0.39 is 0 Å². The van der Waals surface area contributed by atoms with Gasteiger partial charge in [0.2, 0.25) is 0 Å². The van der Waals surface area contributed by atoms with Crippen molar-refractivity contribution in [3.8, 4) is 0 Å². The highest BCUT2D eigenvalue weighted by Gasteiger charge is 2.20. The quantitative estimate of drug-likeness (QED) is 0.0492. The first-order valence-electron chi connectivity index (χ1n) is 23.1. The second kappa shape index (κ2) is 37.1. The molecule has 0 radical (unpaired) electrons. The van der Waals surface area contributed by atoms with E-state index in [9.17, 15) is 9.59 Å². The molecule has 7 heteroatoms. The summed E-state index contributed by atoms with van der Waals surface area (Å²) in [5, 5.41) is 0. The molecule has 2 atom stereocenters. The number of aryl methyl sites for hydroxylation is 1. The van der Waals surface area contributed by atoms with Gasteiger partial charge < -0.3 is 18.9 Å². The van der Waals surface area contributed by atoms with Crippen molar-refractivity contribution in [2.45, 2.75) is 220 Å². The van der Waals surface area contributed by atoms with E-state index in [4.69, 9.17) is 9.47 Å². The molecule has 0 N–H and O–H groups in total. The molecule has 310 valence electrons. The Bertz CT molecular complexity index is 870. The van der Waals surface area contributed by atoms with E-state index in [-0.39, 0.29) is 23.8 Å². The normalized spacial score (nSPS) is 12.7. The van der Waals surface area contributed by atoms with Crippen LogP contribution in [0.3, 0.4) is 0 Å². The molecule has 1 heterocycles. The minimum Gasteiger partial charge on any atom is -0.465 e. The van der Waals surface area contributed by atoms with Crippen molar-refractivity contribution in [3.05, 3.63) is 18.7 Å². The van der Waals surface area contributed by atoms with Gasteiger partial charge in [0.15, 0.2) is 0 Å². The highest BCUT2D eigenvalue weighted by molar-refractivity contribution is 5.72. The van der Waals surface area contributed by atoms with Gasteiger partial charge in [-0.3, -0.25) is 9.59 Å². The zero-order chi connectivity index (χ0) is 38.5. The maximum atomic E-state index is 13.1. The Labute approximate surface area is 328 Å². The summed E-state index contributed by atoms with van der Waals surface area (Å²) in [6, 6.07) is 0. The van der Waals surface area contributed by atoms with Crippen LogP contribution < -0.4 is 0 Å². The molecular formula is C46H87N3O4. The lowest BCUT2D eigenvalue weighted by Crippen LogP contribution is -2.28. The molecule has 0 aliphatic rings. The lowest BCUT2D eigenvalue weighted by atomic mass is 9.94. The van der Waals surface area contributed by atoms with Crippen LogP contribution in [0.4, 0.5) is 0 Å². The van der Waals surface area contributed by atoms with E-state index in [2.05, 4.69) is 42.1 Å². The van der Waals surface area contributed by atoms with Gasteiger partial charge in [0.1, 0.15) is 0 Å². The first kappa shape index (κ1) is 49.1. The number of rotatable bonds is 40. The molecule has 0 saturated heterocycles. The maximum absolute atomic E-state index is 13.1. The summed E-state index contributed by atoms with van der Waals surface area (Å²) in [7, 11) is 0. The van der Waals surface area contributed by atoms with E-state index in [1.165, 1.54) is 103 Å². The number of unbranched alkanes of at least 4 members (excludes halogenated alkanes) is 18. The molecule has 0 aliphatic carbocycles. The Morgan fingerprint density at radius 1 is 0.509 bits per heavy atom. The minimum atomic E-state index is 0.0389. The number of aromatic nitrogens is 2. The summed E-state index contributed by atoms with van der Waals surface area (Å²) >= 11 is 0. The third kappa shape index (κ3) is 29.1. The molecule has 0 amide bonds. The molecule has 53 heavy (non-hydrogen) atoms. The van der Waals surface area contributed by atoms with Crippen molar-refractivity contribution in [2.75, 3.05) is 32.8 Å². The van der Waals surface area contributed by atoms with Crippen molar-refractivity contribution in [3.63, 3.8) is 0 Å². The average Bonchev–Trinajstić information content (AvgIpc) is 3.69. The lowest BCUT2D eigenvalue weighted by molar-refractivity contribution is -0.150. The smallest absolute Gasteiger partial charge is 0.308 e. The number of esters is 2. The van der Waals surface area contributed by atoms with Gasteiger partial charge >= 0.3 is 11.9 Å². The summed E-state index contributed by atoms with van der Waals surface area (Å²) in [5.41, 5.74) is 0. The fourth-order valence-electron chi connectivity index (χ4n) is 7.42. The van der Waals surface area contributed by atoms with Gasteiger partial charge in [0.05, 0.1) is 31.4 Å². The molecule has 0 aliphatic heterocycles. The van der Waals surface area contributed by atoms with Crippen LogP contribution in [0.25, 0.3) is 0 Å². The molecule has 1 aromatic rings. The van der Waals surface area contributed by atoms with Crippen LogP contribution in [-0.4, -0.2) is 59.2 Å². The van der Waals surface area contributed by atoms with Crippen molar-refractivity contribution in [2.24, 2.45) is 11.8 Å². The van der Waals surface area contributed by atoms with Crippen molar-refractivity contribution in [1.82, 2.24) is 14.5 Å². The molecular weight excluding hydrogens is 659 g/mol. The van der Waals surface area contributed by atoms with Gasteiger partial charge in [-0.05, 0) is 77.4 Å². The number of carbonyl (C=O) groups is 2. The topological polar surface area (TPSA) is 73.7 Å². The Morgan fingerprint density at radius 3 is 1.28 bits per heavy atom. The Hall–Kier alpha value is -1.89. The molecule has 0 fully saturated rings. The van der Waals surface area contributed by atoms with Gasteiger partial charge in [0, 0.05) is 18.9 Å².